The lowest BCUT2D eigenvalue weighted by Gasteiger charge is -2.30. The van der Waals surface area contributed by atoms with Crippen LogP contribution < -0.4 is 0 Å². The fourth-order valence-electron chi connectivity index (χ4n) is 2.34. The van der Waals surface area contributed by atoms with Crippen LogP contribution in [0.1, 0.15) is 18.3 Å². The fourth-order valence-corrected chi connectivity index (χ4v) is 3.58. The topological polar surface area (TPSA) is 38.1 Å². The van der Waals surface area contributed by atoms with Gasteiger partial charge in [0.1, 0.15) is 0 Å². The van der Waals surface area contributed by atoms with Crippen LogP contribution in [0, 0.1) is 6.92 Å². The summed E-state index contributed by atoms with van der Waals surface area (Å²) in [5.74, 6) is 2.38. The molecule has 0 N–H and O–H groups in total. The van der Waals surface area contributed by atoms with Crippen molar-refractivity contribution < 1.29 is 4.79 Å². The Morgan fingerprint density at radius 2 is 2.39 bits per heavy atom. The third-order valence-electron chi connectivity index (χ3n) is 3.41. The van der Waals surface area contributed by atoms with E-state index < -0.39 is 0 Å². The number of aromatic nitrogens is 2. The summed E-state index contributed by atoms with van der Waals surface area (Å²) < 4.78 is 1.93. The van der Waals surface area contributed by atoms with E-state index in [4.69, 9.17) is 0 Å². The molecule has 1 aromatic rings. The SMILES string of the molecule is CCn1nc(C)cc1CC(=O)C1CSCCN1C. The zero-order valence-corrected chi connectivity index (χ0v) is 12.2. The minimum atomic E-state index is 0.0734. The van der Waals surface area contributed by atoms with E-state index in [1.807, 2.05) is 36.5 Å². The van der Waals surface area contributed by atoms with Gasteiger partial charge in [0.2, 0.25) is 0 Å². The molecule has 0 aromatic carbocycles. The van der Waals surface area contributed by atoms with Gasteiger partial charge in [0.15, 0.2) is 5.78 Å². The molecule has 0 spiro atoms. The quantitative estimate of drug-likeness (QED) is 0.826. The molecule has 1 saturated heterocycles. The molecule has 2 rings (SSSR count). The Hall–Kier alpha value is -0.810. The van der Waals surface area contributed by atoms with Crippen molar-refractivity contribution in [1.82, 2.24) is 14.7 Å². The van der Waals surface area contributed by atoms with Crippen molar-refractivity contribution in [3.8, 4) is 0 Å². The minimum Gasteiger partial charge on any atom is -0.297 e. The third kappa shape index (κ3) is 2.95. The Kier molecular flexibility index (Phi) is 4.45. The number of thioether (sulfide) groups is 1. The summed E-state index contributed by atoms with van der Waals surface area (Å²) >= 11 is 1.88. The van der Waals surface area contributed by atoms with Crippen LogP contribution in [0.15, 0.2) is 6.07 Å². The molecule has 1 aliphatic heterocycles. The van der Waals surface area contributed by atoms with Crippen molar-refractivity contribution in [1.29, 1.82) is 0 Å². The van der Waals surface area contributed by atoms with Crippen LogP contribution in [0.2, 0.25) is 0 Å². The van der Waals surface area contributed by atoms with Crippen molar-refractivity contribution in [2.45, 2.75) is 32.9 Å². The average Bonchev–Trinajstić information content (AvgIpc) is 2.70. The first-order chi connectivity index (χ1) is 8.61. The Labute approximate surface area is 113 Å². The normalized spacial score (nSPS) is 21.2. The van der Waals surface area contributed by atoms with E-state index in [1.54, 1.807) is 0 Å². The molecule has 4 nitrogen and oxygen atoms in total. The molecule has 0 aliphatic carbocycles. The molecule has 1 aromatic heterocycles. The summed E-state index contributed by atoms with van der Waals surface area (Å²) in [4.78, 5) is 14.5. The molecule has 0 amide bonds. The van der Waals surface area contributed by atoms with Crippen LogP contribution in [-0.4, -0.2) is 51.6 Å². The van der Waals surface area contributed by atoms with Crippen molar-refractivity contribution in [2.75, 3.05) is 25.1 Å². The van der Waals surface area contributed by atoms with Gasteiger partial charge in [0, 0.05) is 30.3 Å². The number of hydrogen-bond acceptors (Lipinski definition) is 4. The highest BCUT2D eigenvalue weighted by Crippen LogP contribution is 2.17. The summed E-state index contributed by atoms with van der Waals surface area (Å²) in [6.07, 6.45) is 0.504. The molecule has 1 aliphatic rings. The van der Waals surface area contributed by atoms with Gasteiger partial charge in [-0.1, -0.05) is 0 Å². The van der Waals surface area contributed by atoms with Crippen molar-refractivity contribution in [3.63, 3.8) is 0 Å². The van der Waals surface area contributed by atoms with Crippen LogP contribution in [0.4, 0.5) is 0 Å². The second-order valence-electron chi connectivity index (χ2n) is 4.81. The Morgan fingerprint density at radius 1 is 1.61 bits per heavy atom. The summed E-state index contributed by atoms with van der Waals surface area (Å²) in [5, 5.41) is 4.39. The average molecular weight is 267 g/mol. The van der Waals surface area contributed by atoms with Gasteiger partial charge in [-0.25, -0.2) is 0 Å². The zero-order chi connectivity index (χ0) is 13.1. The molecular weight excluding hydrogens is 246 g/mol. The molecule has 0 saturated carbocycles. The maximum Gasteiger partial charge on any atom is 0.156 e. The number of nitrogens with zero attached hydrogens (tertiary/aromatic N) is 3. The number of rotatable bonds is 4. The first kappa shape index (κ1) is 13.6. The first-order valence-electron chi connectivity index (χ1n) is 6.46. The molecule has 1 fully saturated rings. The van der Waals surface area contributed by atoms with Crippen LogP contribution in [0.25, 0.3) is 0 Å². The van der Waals surface area contributed by atoms with E-state index in [0.29, 0.717) is 12.2 Å². The molecular formula is C13H21N3OS. The molecule has 0 bridgehead atoms. The van der Waals surface area contributed by atoms with Crippen LogP contribution in [-0.2, 0) is 17.8 Å². The minimum absolute atomic E-state index is 0.0734. The first-order valence-corrected chi connectivity index (χ1v) is 7.61. The smallest absolute Gasteiger partial charge is 0.156 e. The van der Waals surface area contributed by atoms with Gasteiger partial charge in [0.05, 0.1) is 18.2 Å². The second kappa shape index (κ2) is 5.89. The highest BCUT2D eigenvalue weighted by atomic mass is 32.2. The lowest BCUT2D eigenvalue weighted by atomic mass is 10.1. The maximum absolute atomic E-state index is 12.4. The van der Waals surface area contributed by atoms with E-state index in [9.17, 15) is 4.79 Å². The highest BCUT2D eigenvalue weighted by Gasteiger charge is 2.26. The number of ketones is 1. The largest absolute Gasteiger partial charge is 0.297 e. The van der Waals surface area contributed by atoms with Crippen molar-refractivity contribution >= 4 is 17.5 Å². The van der Waals surface area contributed by atoms with E-state index in [1.165, 1.54) is 0 Å². The Morgan fingerprint density at radius 3 is 3.06 bits per heavy atom. The summed E-state index contributed by atoms with van der Waals surface area (Å²) in [6.45, 7) is 5.87. The van der Waals surface area contributed by atoms with E-state index >= 15 is 0 Å². The van der Waals surface area contributed by atoms with Gasteiger partial charge < -0.3 is 0 Å². The second-order valence-corrected chi connectivity index (χ2v) is 5.96. The van der Waals surface area contributed by atoms with Crippen LogP contribution >= 0.6 is 11.8 Å². The van der Waals surface area contributed by atoms with E-state index in [-0.39, 0.29) is 6.04 Å². The number of aryl methyl sites for hydroxylation is 2. The standard InChI is InChI=1S/C13H21N3OS/c1-4-16-11(7-10(2)14-16)8-13(17)12-9-18-6-5-15(12)3/h7,12H,4-6,8-9H2,1-3H3. The molecule has 1 unspecified atom stereocenters. The van der Waals surface area contributed by atoms with Crippen molar-refractivity contribution in [2.24, 2.45) is 0 Å². The maximum atomic E-state index is 12.4. The number of carbonyl (C=O) groups is 1. The zero-order valence-electron chi connectivity index (χ0n) is 11.3. The number of Topliss-reactive ketones (excluding diaryl/α,β-unsaturated/α-hetero) is 1. The monoisotopic (exact) mass is 267 g/mol. The summed E-state index contributed by atoms with van der Waals surface area (Å²) in [6, 6.07) is 2.10. The molecule has 5 heteroatoms. The predicted octanol–water partition coefficient (Wildman–Crippen LogP) is 1.37. The molecule has 1 atom stereocenters. The third-order valence-corrected chi connectivity index (χ3v) is 4.43. The van der Waals surface area contributed by atoms with E-state index in [2.05, 4.69) is 16.9 Å². The number of likely N-dealkylation sites (N-methyl/N-ethyl adjacent to an activating group) is 1. The van der Waals surface area contributed by atoms with Crippen molar-refractivity contribution in [3.05, 3.63) is 17.5 Å². The lowest BCUT2D eigenvalue weighted by molar-refractivity contribution is -0.122. The molecule has 2 heterocycles. The van der Waals surface area contributed by atoms with Gasteiger partial charge in [0.25, 0.3) is 0 Å². The Balaban J connectivity index is 2.05. The summed E-state index contributed by atoms with van der Waals surface area (Å²) in [7, 11) is 2.05. The molecule has 0 radical (unpaired) electrons. The van der Waals surface area contributed by atoms with Gasteiger partial charge in [-0.2, -0.15) is 16.9 Å². The van der Waals surface area contributed by atoms with Gasteiger partial charge in [-0.3, -0.25) is 14.4 Å². The van der Waals surface area contributed by atoms with Crippen LogP contribution in [0.5, 0.6) is 0 Å². The lowest BCUT2D eigenvalue weighted by Crippen LogP contribution is -2.45. The molecule has 18 heavy (non-hydrogen) atoms. The van der Waals surface area contributed by atoms with E-state index in [0.717, 1.165) is 36.0 Å². The fraction of sp³-hybridized carbons (Fsp3) is 0.692. The Bertz CT molecular complexity index is 430. The summed E-state index contributed by atoms with van der Waals surface area (Å²) in [5.41, 5.74) is 2.04. The number of carbonyl (C=O) groups excluding carboxylic acids is 1. The van der Waals surface area contributed by atoms with Gasteiger partial charge in [-0.05, 0) is 27.0 Å². The predicted molar refractivity (Wildman–Crippen MR) is 75.1 cm³/mol. The molecule has 100 valence electrons. The van der Waals surface area contributed by atoms with Gasteiger partial charge in [-0.15, -0.1) is 0 Å². The van der Waals surface area contributed by atoms with Crippen LogP contribution in [0.3, 0.4) is 0 Å². The van der Waals surface area contributed by atoms with Gasteiger partial charge >= 0.3 is 0 Å². The number of hydrogen-bond donors (Lipinski definition) is 0. The highest BCUT2D eigenvalue weighted by molar-refractivity contribution is 7.99.